The highest BCUT2D eigenvalue weighted by molar-refractivity contribution is 5.96. The molecule has 0 radical (unpaired) electrons. The number of halogens is 2. The van der Waals surface area contributed by atoms with E-state index >= 15 is 0 Å². The molecule has 1 heterocycles. The zero-order chi connectivity index (χ0) is 21.1. The van der Waals surface area contributed by atoms with Crippen LogP contribution in [-0.2, 0) is 10.8 Å². The van der Waals surface area contributed by atoms with Crippen molar-refractivity contribution in [3.05, 3.63) is 28.8 Å². The van der Waals surface area contributed by atoms with Crippen molar-refractivity contribution in [3.63, 3.8) is 0 Å². The van der Waals surface area contributed by atoms with Gasteiger partial charge in [-0.05, 0) is 49.4 Å². The third-order valence-electron chi connectivity index (χ3n) is 5.77. The molecule has 1 saturated heterocycles. The molecule has 0 saturated carbocycles. The van der Waals surface area contributed by atoms with Crippen molar-refractivity contribution >= 4 is 30.6 Å². The summed E-state index contributed by atoms with van der Waals surface area (Å²) in [6.45, 7) is 18.1. The maximum atomic E-state index is 12.9. The SMILES string of the molecule is CN1CCN(CCCCC(=O)c2cc(C(C)(C)C)c(O)c(C(C)(C)C)c2)CC1.Cl.Cl. The molecule has 30 heavy (non-hydrogen) atoms. The normalized spacial score (nSPS) is 16.0. The number of likely N-dealkylation sites (N-methyl/N-ethyl adjacent to an activating group) is 1. The van der Waals surface area contributed by atoms with Gasteiger partial charge in [-0.3, -0.25) is 4.79 Å². The number of aromatic hydroxyl groups is 1. The molecule has 2 rings (SSSR count). The predicted molar refractivity (Wildman–Crippen MR) is 132 cm³/mol. The van der Waals surface area contributed by atoms with Crippen molar-refractivity contribution in [2.45, 2.75) is 71.6 Å². The van der Waals surface area contributed by atoms with E-state index in [1.54, 1.807) is 0 Å². The highest BCUT2D eigenvalue weighted by Gasteiger charge is 2.27. The van der Waals surface area contributed by atoms with Crippen LogP contribution in [0, 0.1) is 0 Å². The van der Waals surface area contributed by atoms with E-state index in [0.29, 0.717) is 12.2 Å². The molecule has 1 aliphatic heterocycles. The van der Waals surface area contributed by atoms with Crippen molar-refractivity contribution in [1.82, 2.24) is 9.80 Å². The number of phenolic OH excluding ortho intramolecular Hbond substituents is 1. The number of hydrogen-bond donors (Lipinski definition) is 1. The van der Waals surface area contributed by atoms with Crippen LogP contribution in [-0.4, -0.2) is 60.5 Å². The number of carbonyl (C=O) groups is 1. The molecule has 174 valence electrons. The van der Waals surface area contributed by atoms with E-state index < -0.39 is 0 Å². The first-order chi connectivity index (χ1) is 12.9. The molecule has 0 unspecified atom stereocenters. The lowest BCUT2D eigenvalue weighted by molar-refractivity contribution is 0.0975. The quantitative estimate of drug-likeness (QED) is 0.453. The van der Waals surface area contributed by atoms with Crippen molar-refractivity contribution in [1.29, 1.82) is 0 Å². The molecule has 0 atom stereocenters. The van der Waals surface area contributed by atoms with Gasteiger partial charge in [0.2, 0.25) is 0 Å². The Morgan fingerprint density at radius 2 is 1.37 bits per heavy atom. The van der Waals surface area contributed by atoms with Crippen LogP contribution in [0.4, 0.5) is 0 Å². The molecule has 0 spiro atoms. The van der Waals surface area contributed by atoms with E-state index in [2.05, 4.69) is 58.4 Å². The average Bonchev–Trinajstić information content (AvgIpc) is 2.58. The molecule has 1 aliphatic rings. The van der Waals surface area contributed by atoms with Gasteiger partial charge in [0, 0.05) is 49.3 Å². The van der Waals surface area contributed by atoms with Gasteiger partial charge in [0.15, 0.2) is 5.78 Å². The van der Waals surface area contributed by atoms with E-state index in [9.17, 15) is 9.90 Å². The maximum Gasteiger partial charge on any atom is 0.162 e. The summed E-state index contributed by atoms with van der Waals surface area (Å²) in [4.78, 5) is 17.8. The monoisotopic (exact) mass is 460 g/mol. The summed E-state index contributed by atoms with van der Waals surface area (Å²) in [5.41, 5.74) is 2.05. The predicted octanol–water partition coefficient (Wildman–Crippen LogP) is 5.43. The van der Waals surface area contributed by atoms with Gasteiger partial charge in [0.05, 0.1) is 0 Å². The summed E-state index contributed by atoms with van der Waals surface area (Å²) < 4.78 is 0. The summed E-state index contributed by atoms with van der Waals surface area (Å²) in [6, 6.07) is 3.82. The van der Waals surface area contributed by atoms with Crippen LogP contribution in [0.1, 0.15) is 82.3 Å². The van der Waals surface area contributed by atoms with Gasteiger partial charge in [0.25, 0.3) is 0 Å². The van der Waals surface area contributed by atoms with Crippen LogP contribution in [0.2, 0.25) is 0 Å². The van der Waals surface area contributed by atoms with Crippen LogP contribution >= 0.6 is 24.8 Å². The second-order valence-corrected chi connectivity index (χ2v) is 10.4. The Morgan fingerprint density at radius 1 is 0.900 bits per heavy atom. The van der Waals surface area contributed by atoms with Gasteiger partial charge < -0.3 is 14.9 Å². The number of piperazine rings is 1. The fraction of sp³-hybridized carbons (Fsp3) is 0.708. The van der Waals surface area contributed by atoms with Crippen LogP contribution in [0.25, 0.3) is 0 Å². The lowest BCUT2D eigenvalue weighted by Crippen LogP contribution is -2.44. The first kappa shape index (κ1) is 29.2. The number of unbranched alkanes of at least 4 members (excludes halogenated alkanes) is 1. The Balaban J connectivity index is 0.00000420. The third-order valence-corrected chi connectivity index (χ3v) is 5.77. The van der Waals surface area contributed by atoms with E-state index in [1.807, 2.05) is 12.1 Å². The lowest BCUT2D eigenvalue weighted by atomic mass is 9.78. The minimum atomic E-state index is -0.207. The van der Waals surface area contributed by atoms with E-state index in [4.69, 9.17) is 0 Å². The summed E-state index contributed by atoms with van der Waals surface area (Å²) >= 11 is 0. The topological polar surface area (TPSA) is 43.8 Å². The highest BCUT2D eigenvalue weighted by atomic mass is 35.5. The van der Waals surface area contributed by atoms with Crippen molar-refractivity contribution in [3.8, 4) is 5.75 Å². The number of Topliss-reactive ketones (excluding diaryl/α,β-unsaturated/α-hetero) is 1. The summed E-state index contributed by atoms with van der Waals surface area (Å²) in [6.07, 6.45) is 2.55. The Bertz CT molecular complexity index is 650. The molecule has 6 heteroatoms. The second kappa shape index (κ2) is 11.7. The Hall–Kier alpha value is -0.810. The number of benzene rings is 1. The molecular formula is C24H42Cl2N2O2. The van der Waals surface area contributed by atoms with E-state index in [1.165, 1.54) is 0 Å². The van der Waals surface area contributed by atoms with Gasteiger partial charge in [-0.25, -0.2) is 0 Å². The minimum absolute atomic E-state index is 0. The Kier molecular flexibility index (Phi) is 11.4. The van der Waals surface area contributed by atoms with Gasteiger partial charge in [0.1, 0.15) is 5.75 Å². The van der Waals surface area contributed by atoms with Crippen LogP contribution < -0.4 is 0 Å². The fourth-order valence-electron chi connectivity index (χ4n) is 3.78. The molecule has 1 N–H and O–H groups in total. The van der Waals surface area contributed by atoms with E-state index in [-0.39, 0.29) is 41.4 Å². The minimum Gasteiger partial charge on any atom is -0.507 e. The third kappa shape index (κ3) is 8.03. The Morgan fingerprint density at radius 3 is 1.80 bits per heavy atom. The smallest absolute Gasteiger partial charge is 0.162 e. The zero-order valence-corrected chi connectivity index (χ0v) is 21.5. The molecule has 0 bridgehead atoms. The average molecular weight is 462 g/mol. The van der Waals surface area contributed by atoms with Crippen LogP contribution in [0.5, 0.6) is 5.75 Å². The van der Waals surface area contributed by atoms with Gasteiger partial charge >= 0.3 is 0 Å². The standard InChI is InChI=1S/C24H40N2O2.2ClH/c1-23(2,3)19-16-18(17-20(22(19)28)24(4,5)6)21(27)10-8-9-11-26-14-12-25(7)13-15-26;;/h16-17,28H,8-15H2,1-7H3;2*1H. The lowest BCUT2D eigenvalue weighted by Gasteiger charge is -2.32. The molecule has 1 fully saturated rings. The number of ketones is 1. The number of hydrogen-bond acceptors (Lipinski definition) is 4. The Labute approximate surface area is 196 Å². The molecule has 1 aromatic carbocycles. The summed E-state index contributed by atoms with van der Waals surface area (Å²) in [5.74, 6) is 0.529. The van der Waals surface area contributed by atoms with Crippen LogP contribution in [0.15, 0.2) is 12.1 Å². The molecular weight excluding hydrogens is 419 g/mol. The van der Waals surface area contributed by atoms with Gasteiger partial charge in [-0.15, -0.1) is 24.8 Å². The summed E-state index contributed by atoms with van der Waals surface area (Å²) in [5, 5.41) is 10.8. The highest BCUT2D eigenvalue weighted by Crippen LogP contribution is 2.40. The van der Waals surface area contributed by atoms with Gasteiger partial charge in [-0.2, -0.15) is 0 Å². The molecule has 0 aliphatic carbocycles. The van der Waals surface area contributed by atoms with E-state index in [0.717, 1.165) is 62.3 Å². The van der Waals surface area contributed by atoms with Gasteiger partial charge in [-0.1, -0.05) is 41.5 Å². The number of carbonyl (C=O) groups excluding carboxylic acids is 1. The number of nitrogens with zero attached hydrogens (tertiary/aromatic N) is 2. The maximum absolute atomic E-state index is 12.9. The van der Waals surface area contributed by atoms with Crippen LogP contribution in [0.3, 0.4) is 0 Å². The molecule has 0 amide bonds. The number of phenols is 1. The second-order valence-electron chi connectivity index (χ2n) is 10.4. The summed E-state index contributed by atoms with van der Waals surface area (Å²) in [7, 11) is 2.17. The number of rotatable bonds is 6. The zero-order valence-electron chi connectivity index (χ0n) is 19.9. The van der Waals surface area contributed by atoms with Crippen molar-refractivity contribution in [2.75, 3.05) is 39.8 Å². The fourth-order valence-corrected chi connectivity index (χ4v) is 3.78. The molecule has 1 aromatic rings. The molecule has 4 nitrogen and oxygen atoms in total. The first-order valence-electron chi connectivity index (χ1n) is 10.7. The molecule has 0 aromatic heterocycles. The largest absolute Gasteiger partial charge is 0.507 e. The van der Waals surface area contributed by atoms with Crippen molar-refractivity contribution < 1.29 is 9.90 Å². The van der Waals surface area contributed by atoms with Crippen molar-refractivity contribution in [2.24, 2.45) is 0 Å². The first-order valence-corrected chi connectivity index (χ1v) is 10.7.